The van der Waals surface area contributed by atoms with E-state index in [1.807, 2.05) is 6.07 Å². The number of fused-ring (bicyclic) bond motifs is 1. The molecular weight excluding hydrogens is 314 g/mol. The standard InChI is InChI=1S/C13H18BrNO2S/c1-2-18(16,17)8-7-15-13-6-3-10-9-11(14)4-5-12(10)13/h4-5,9,13,15H,2-3,6-8H2,1H3. The lowest BCUT2D eigenvalue weighted by Gasteiger charge is -2.14. The molecule has 3 nitrogen and oxygen atoms in total. The lowest BCUT2D eigenvalue weighted by atomic mass is 10.1. The van der Waals surface area contributed by atoms with Crippen LogP contribution < -0.4 is 5.32 Å². The normalized spacial score (nSPS) is 18.9. The van der Waals surface area contributed by atoms with Crippen LogP contribution in [-0.2, 0) is 16.3 Å². The average Bonchev–Trinajstić information content (AvgIpc) is 2.71. The van der Waals surface area contributed by atoms with Gasteiger partial charge in [0.1, 0.15) is 0 Å². The van der Waals surface area contributed by atoms with Crippen LogP contribution in [-0.4, -0.2) is 26.5 Å². The number of hydrogen-bond donors (Lipinski definition) is 1. The number of sulfone groups is 1. The Morgan fingerprint density at radius 3 is 2.94 bits per heavy atom. The van der Waals surface area contributed by atoms with Gasteiger partial charge in [0.25, 0.3) is 0 Å². The SMILES string of the molecule is CCS(=O)(=O)CCNC1CCc2cc(Br)ccc21. The minimum absolute atomic E-state index is 0.225. The van der Waals surface area contributed by atoms with Crippen molar-refractivity contribution in [1.82, 2.24) is 5.32 Å². The van der Waals surface area contributed by atoms with Gasteiger partial charge in [0, 0.05) is 22.8 Å². The van der Waals surface area contributed by atoms with Gasteiger partial charge in [-0.05, 0) is 36.1 Å². The lowest BCUT2D eigenvalue weighted by Crippen LogP contribution is -2.26. The Morgan fingerprint density at radius 2 is 2.22 bits per heavy atom. The third-order valence-corrected chi connectivity index (χ3v) is 5.63. The molecule has 100 valence electrons. The molecule has 1 aliphatic rings. The van der Waals surface area contributed by atoms with Crippen LogP contribution in [0.25, 0.3) is 0 Å². The molecule has 1 unspecified atom stereocenters. The highest BCUT2D eigenvalue weighted by Crippen LogP contribution is 2.32. The van der Waals surface area contributed by atoms with E-state index in [0.717, 1.165) is 17.3 Å². The minimum atomic E-state index is -2.87. The highest BCUT2D eigenvalue weighted by atomic mass is 79.9. The van der Waals surface area contributed by atoms with Crippen LogP contribution in [0.5, 0.6) is 0 Å². The maximum atomic E-state index is 11.4. The van der Waals surface area contributed by atoms with Crippen LogP contribution >= 0.6 is 15.9 Å². The van der Waals surface area contributed by atoms with Crippen LogP contribution in [0.15, 0.2) is 22.7 Å². The number of nitrogens with one attached hydrogen (secondary N) is 1. The molecule has 0 amide bonds. The summed E-state index contributed by atoms with van der Waals surface area (Å²) >= 11 is 3.47. The highest BCUT2D eigenvalue weighted by Gasteiger charge is 2.22. The molecule has 2 rings (SSSR count). The first-order valence-corrected chi connectivity index (χ1v) is 8.85. The molecular formula is C13H18BrNO2S. The third kappa shape index (κ3) is 3.33. The van der Waals surface area contributed by atoms with Crippen molar-refractivity contribution in [3.63, 3.8) is 0 Å². The van der Waals surface area contributed by atoms with Gasteiger partial charge in [0.05, 0.1) is 5.75 Å². The predicted octanol–water partition coefficient (Wildman–Crippen LogP) is 2.46. The molecule has 0 spiro atoms. The number of rotatable bonds is 5. The van der Waals surface area contributed by atoms with Crippen LogP contribution in [0.1, 0.15) is 30.5 Å². The van der Waals surface area contributed by atoms with Crippen LogP contribution in [0.2, 0.25) is 0 Å². The van der Waals surface area contributed by atoms with Gasteiger partial charge in [-0.25, -0.2) is 8.42 Å². The summed E-state index contributed by atoms with van der Waals surface area (Å²) in [6, 6.07) is 6.62. The first-order valence-electron chi connectivity index (χ1n) is 6.24. The van der Waals surface area contributed by atoms with E-state index >= 15 is 0 Å². The molecule has 1 atom stereocenters. The van der Waals surface area contributed by atoms with E-state index in [0.29, 0.717) is 12.6 Å². The molecule has 0 saturated heterocycles. The van der Waals surface area contributed by atoms with Gasteiger partial charge in [0.15, 0.2) is 9.84 Å². The van der Waals surface area contributed by atoms with Crippen LogP contribution in [0, 0.1) is 0 Å². The number of hydrogen-bond acceptors (Lipinski definition) is 3. The zero-order chi connectivity index (χ0) is 13.2. The second-order valence-corrected chi connectivity index (χ2v) is 8.01. The monoisotopic (exact) mass is 331 g/mol. The molecule has 1 aliphatic carbocycles. The van der Waals surface area contributed by atoms with E-state index in [9.17, 15) is 8.42 Å². The van der Waals surface area contributed by atoms with Gasteiger partial charge in [-0.1, -0.05) is 28.9 Å². The van der Waals surface area contributed by atoms with E-state index in [-0.39, 0.29) is 11.5 Å². The summed E-state index contributed by atoms with van der Waals surface area (Å²) in [6.07, 6.45) is 2.12. The lowest BCUT2D eigenvalue weighted by molar-refractivity contribution is 0.541. The van der Waals surface area contributed by atoms with Crippen LogP contribution in [0.4, 0.5) is 0 Å². The summed E-state index contributed by atoms with van der Waals surface area (Å²) in [5.74, 6) is 0.453. The van der Waals surface area contributed by atoms with Crippen molar-refractivity contribution in [3.8, 4) is 0 Å². The first-order chi connectivity index (χ1) is 8.52. The Morgan fingerprint density at radius 1 is 1.44 bits per heavy atom. The molecule has 1 N–H and O–H groups in total. The van der Waals surface area contributed by atoms with E-state index in [4.69, 9.17) is 0 Å². The zero-order valence-corrected chi connectivity index (χ0v) is 12.9. The Labute approximate surface area is 117 Å². The fourth-order valence-corrected chi connectivity index (χ4v) is 3.46. The van der Waals surface area contributed by atoms with Gasteiger partial charge in [-0.3, -0.25) is 0 Å². The Bertz CT molecular complexity index is 528. The van der Waals surface area contributed by atoms with E-state index in [1.165, 1.54) is 11.1 Å². The van der Waals surface area contributed by atoms with Crippen molar-refractivity contribution >= 4 is 25.8 Å². The van der Waals surface area contributed by atoms with Crippen molar-refractivity contribution in [2.75, 3.05) is 18.1 Å². The maximum absolute atomic E-state index is 11.4. The third-order valence-electron chi connectivity index (χ3n) is 3.43. The summed E-state index contributed by atoms with van der Waals surface area (Å²) in [5.41, 5.74) is 2.67. The fourth-order valence-electron chi connectivity index (χ4n) is 2.33. The van der Waals surface area contributed by atoms with Crippen LogP contribution in [0.3, 0.4) is 0 Å². The van der Waals surface area contributed by atoms with Crippen molar-refractivity contribution in [1.29, 1.82) is 0 Å². The van der Waals surface area contributed by atoms with Gasteiger partial charge in [0.2, 0.25) is 0 Å². The van der Waals surface area contributed by atoms with Gasteiger partial charge in [-0.15, -0.1) is 0 Å². The number of halogens is 1. The van der Waals surface area contributed by atoms with Crippen molar-refractivity contribution in [2.45, 2.75) is 25.8 Å². The van der Waals surface area contributed by atoms with E-state index < -0.39 is 9.84 Å². The molecule has 0 fully saturated rings. The quantitative estimate of drug-likeness (QED) is 0.901. The van der Waals surface area contributed by atoms with Crippen molar-refractivity contribution < 1.29 is 8.42 Å². The molecule has 5 heteroatoms. The number of benzene rings is 1. The van der Waals surface area contributed by atoms with Gasteiger partial charge < -0.3 is 5.32 Å². The predicted molar refractivity (Wildman–Crippen MR) is 77.5 cm³/mol. The largest absolute Gasteiger partial charge is 0.309 e. The second kappa shape index (κ2) is 5.72. The average molecular weight is 332 g/mol. The van der Waals surface area contributed by atoms with Gasteiger partial charge in [-0.2, -0.15) is 0 Å². The summed E-state index contributed by atoms with van der Waals surface area (Å²) in [4.78, 5) is 0. The number of aryl methyl sites for hydroxylation is 1. The molecule has 0 radical (unpaired) electrons. The van der Waals surface area contributed by atoms with Gasteiger partial charge >= 0.3 is 0 Å². The summed E-state index contributed by atoms with van der Waals surface area (Å²) < 4.78 is 23.9. The molecule has 0 heterocycles. The molecule has 0 bridgehead atoms. The summed E-state index contributed by atoms with van der Waals surface area (Å²) in [5, 5.41) is 3.35. The molecule has 1 aromatic carbocycles. The summed E-state index contributed by atoms with van der Waals surface area (Å²) in [7, 11) is -2.87. The van der Waals surface area contributed by atoms with E-state index in [1.54, 1.807) is 6.92 Å². The summed E-state index contributed by atoms with van der Waals surface area (Å²) in [6.45, 7) is 2.23. The molecule has 1 aromatic rings. The highest BCUT2D eigenvalue weighted by molar-refractivity contribution is 9.10. The molecule has 0 aliphatic heterocycles. The molecule has 0 saturated carbocycles. The topological polar surface area (TPSA) is 46.2 Å². The molecule has 18 heavy (non-hydrogen) atoms. The Hall–Kier alpha value is -0.390. The first kappa shape index (κ1) is 14.0. The fraction of sp³-hybridized carbons (Fsp3) is 0.538. The van der Waals surface area contributed by atoms with Crippen molar-refractivity contribution in [3.05, 3.63) is 33.8 Å². The maximum Gasteiger partial charge on any atom is 0.151 e. The smallest absolute Gasteiger partial charge is 0.151 e. The van der Waals surface area contributed by atoms with Crippen molar-refractivity contribution in [2.24, 2.45) is 0 Å². The minimum Gasteiger partial charge on any atom is -0.309 e. The zero-order valence-electron chi connectivity index (χ0n) is 10.4. The Balaban J connectivity index is 1.94. The second-order valence-electron chi connectivity index (χ2n) is 4.62. The Kier molecular flexibility index (Phi) is 4.45. The van der Waals surface area contributed by atoms with E-state index in [2.05, 4.69) is 33.4 Å². The molecule has 0 aromatic heterocycles.